The Labute approximate surface area is 424 Å². The molecule has 2 aliphatic heterocycles. The fourth-order valence-electron chi connectivity index (χ4n) is 7.59. The molecular weight excluding hydrogens is 903 g/mol. The van der Waals surface area contributed by atoms with Crippen molar-refractivity contribution >= 4 is 97.4 Å². The molecule has 7 aromatic rings. The van der Waals surface area contributed by atoms with Gasteiger partial charge in [-0.3, -0.25) is 0 Å². The van der Waals surface area contributed by atoms with Gasteiger partial charge in [0.05, 0.1) is 32.6 Å². The first-order chi connectivity index (χ1) is 29.6. The van der Waals surface area contributed by atoms with Crippen molar-refractivity contribution in [2.45, 2.75) is 9.79 Å². The van der Waals surface area contributed by atoms with Gasteiger partial charge in [-0.2, -0.15) is 0 Å². The van der Waals surface area contributed by atoms with Gasteiger partial charge in [-0.25, -0.2) is 26.8 Å². The smallest absolute Gasteiger partial charge is 0.744 e. The standard InChI is InChI=1S/C48H38N4O6S4.2Na/c1-51(2)33-13-5-29(6-14-33)45-37-21-23-39(49-37)47(31-9-17-35(18-10-31)61(53,54)55)43-27-28-44(60-43)48(32-11-19-36(20-12-32)62(56,57)58)40-24-22-38(50-40)46(42-26-25-41(45)59-42)30-7-15-34(16-8-30)52(3)4;;/h5-28H,1-4H3,(H,53,54,55)(H,56,57,58);;/q;2*+1/p-2. The van der Waals surface area contributed by atoms with E-state index in [-0.39, 0.29) is 68.9 Å². The number of fused-ring (bicyclic) bond motifs is 8. The van der Waals surface area contributed by atoms with Crippen LogP contribution < -0.4 is 68.9 Å². The topological polar surface area (TPSA) is 147 Å². The molecule has 0 atom stereocenters. The molecule has 8 bridgehead atoms. The van der Waals surface area contributed by atoms with Gasteiger partial charge in [-0.1, -0.05) is 48.5 Å². The molecule has 0 amide bonds. The molecule has 3 aromatic heterocycles. The summed E-state index contributed by atoms with van der Waals surface area (Å²) < 4.78 is 75.3. The van der Waals surface area contributed by atoms with Crippen LogP contribution in [0.4, 0.5) is 11.4 Å². The number of anilines is 2. The number of aromatic nitrogens is 2. The van der Waals surface area contributed by atoms with Crippen molar-refractivity contribution in [3.8, 4) is 44.5 Å². The Morgan fingerprint density at radius 2 is 0.625 bits per heavy atom. The summed E-state index contributed by atoms with van der Waals surface area (Å²) in [6.07, 6.45) is 7.88. The van der Waals surface area contributed by atoms with Crippen LogP contribution in [0.25, 0.3) is 87.6 Å². The maximum absolute atomic E-state index is 12.0. The molecule has 4 aromatic carbocycles. The van der Waals surface area contributed by atoms with Gasteiger partial charge in [-0.05, 0) is 119 Å². The summed E-state index contributed by atoms with van der Waals surface area (Å²) in [7, 11) is -1.39. The molecule has 16 heteroatoms. The van der Waals surface area contributed by atoms with Crippen molar-refractivity contribution < 1.29 is 85.1 Å². The zero-order valence-corrected chi connectivity index (χ0v) is 43.0. The number of nitrogens with zero attached hydrogens (tertiary/aromatic N) is 4. The van der Waals surface area contributed by atoms with E-state index >= 15 is 0 Å². The summed E-state index contributed by atoms with van der Waals surface area (Å²) in [6.45, 7) is 0. The van der Waals surface area contributed by atoms with E-state index in [2.05, 4.69) is 60.7 Å². The molecule has 0 saturated carbocycles. The van der Waals surface area contributed by atoms with Gasteiger partial charge in [0.1, 0.15) is 20.2 Å². The predicted octanol–water partition coefficient (Wildman–Crippen LogP) is 4.74. The van der Waals surface area contributed by atoms with Crippen LogP contribution >= 0.6 is 22.7 Å². The molecule has 10 nitrogen and oxygen atoms in total. The van der Waals surface area contributed by atoms with Crippen molar-refractivity contribution in [1.82, 2.24) is 9.97 Å². The first-order valence-electron chi connectivity index (χ1n) is 19.3. The second-order valence-corrected chi connectivity index (χ2v) is 20.0. The summed E-state index contributed by atoms with van der Waals surface area (Å²) in [6, 6.07) is 36.5. The molecule has 9 rings (SSSR count). The maximum atomic E-state index is 12.0. The Morgan fingerprint density at radius 1 is 0.391 bits per heavy atom. The van der Waals surface area contributed by atoms with Crippen LogP contribution in [0.2, 0.25) is 0 Å². The quantitative estimate of drug-likeness (QED) is 0.155. The van der Waals surface area contributed by atoms with Crippen LogP contribution in [-0.4, -0.2) is 64.1 Å². The van der Waals surface area contributed by atoms with Crippen molar-refractivity contribution in [1.29, 1.82) is 0 Å². The molecule has 0 radical (unpaired) electrons. The van der Waals surface area contributed by atoms with Crippen LogP contribution in [0.15, 0.2) is 131 Å². The zero-order valence-electron chi connectivity index (χ0n) is 35.7. The van der Waals surface area contributed by atoms with E-state index < -0.39 is 20.2 Å². The normalized spacial score (nSPS) is 12.1. The van der Waals surface area contributed by atoms with Gasteiger partial charge in [0.25, 0.3) is 0 Å². The van der Waals surface area contributed by atoms with Crippen molar-refractivity contribution in [2.75, 3.05) is 38.0 Å². The largest absolute Gasteiger partial charge is 1.00 e. The third-order valence-corrected chi connectivity index (χ3v) is 14.6. The molecule has 0 N–H and O–H groups in total. The molecule has 64 heavy (non-hydrogen) atoms. The Bertz CT molecular complexity index is 3160. The van der Waals surface area contributed by atoms with Crippen LogP contribution in [0.5, 0.6) is 0 Å². The Balaban J connectivity index is 0.00000306. The fraction of sp³-hybridized carbons (Fsp3) is 0.0833. The van der Waals surface area contributed by atoms with Crippen LogP contribution in [0.1, 0.15) is 22.8 Å². The average Bonchev–Trinajstić information content (AvgIpc) is 4.09. The van der Waals surface area contributed by atoms with Crippen LogP contribution in [0.3, 0.4) is 0 Å². The Kier molecular flexibility index (Phi) is 14.1. The van der Waals surface area contributed by atoms with E-state index in [4.69, 9.17) is 9.97 Å². The molecule has 0 aliphatic carbocycles. The monoisotopic (exact) mass is 938 g/mol. The van der Waals surface area contributed by atoms with Gasteiger partial charge >= 0.3 is 59.1 Å². The van der Waals surface area contributed by atoms with Crippen LogP contribution in [-0.2, 0) is 20.2 Å². The fourth-order valence-corrected chi connectivity index (χ4v) is 10.8. The molecule has 0 unspecified atom stereocenters. The third-order valence-electron chi connectivity index (χ3n) is 10.7. The van der Waals surface area contributed by atoms with Gasteiger partial charge in [0.15, 0.2) is 0 Å². The van der Waals surface area contributed by atoms with Gasteiger partial charge in [-0.15, -0.1) is 22.7 Å². The van der Waals surface area contributed by atoms with Gasteiger partial charge in [0.2, 0.25) is 0 Å². The van der Waals surface area contributed by atoms with Crippen molar-refractivity contribution in [3.05, 3.63) is 144 Å². The SMILES string of the molecule is CN(C)c1ccc(-c2c3nc(c(-c4ccc(S(=O)(=O)[O-])cc4)c4ccc(s4)c(-c4ccc(S(=O)(=O)[O-])cc4)c4nc(c(-c5ccc(N(C)C)cc5)c5ccc2s5)C=C4)C=C3)cc1.[Na+].[Na+]. The zero-order chi connectivity index (χ0) is 43.5. The summed E-state index contributed by atoms with van der Waals surface area (Å²) in [5.41, 5.74) is 11.4. The number of hydrogen-bond donors (Lipinski definition) is 0. The van der Waals surface area contributed by atoms with Gasteiger partial charge < -0.3 is 18.9 Å². The predicted molar refractivity (Wildman–Crippen MR) is 252 cm³/mol. The number of benzene rings is 4. The van der Waals surface area contributed by atoms with E-state index in [1.54, 1.807) is 35.6 Å². The maximum Gasteiger partial charge on any atom is 1.00 e. The average molecular weight is 939 g/mol. The minimum Gasteiger partial charge on any atom is -0.744 e. The first-order valence-corrected chi connectivity index (χ1v) is 23.7. The summed E-state index contributed by atoms with van der Waals surface area (Å²) in [5.74, 6) is 0. The number of rotatable bonds is 8. The molecule has 5 heterocycles. The van der Waals surface area contributed by atoms with Crippen LogP contribution in [0, 0.1) is 0 Å². The molecule has 310 valence electrons. The number of thiophene rings is 2. The van der Waals surface area contributed by atoms with E-state index in [0.29, 0.717) is 33.6 Å². The van der Waals surface area contributed by atoms with Crippen molar-refractivity contribution in [2.24, 2.45) is 0 Å². The van der Waals surface area contributed by atoms with E-state index in [1.165, 1.54) is 35.6 Å². The molecule has 0 spiro atoms. The molecule has 2 aliphatic rings. The first kappa shape index (κ1) is 47.7. The summed E-state index contributed by atoms with van der Waals surface area (Å²) in [4.78, 5) is 14.0. The van der Waals surface area contributed by atoms with Gasteiger partial charge in [0, 0.05) is 80.6 Å². The molecule has 0 saturated heterocycles. The third kappa shape index (κ3) is 9.52. The van der Waals surface area contributed by atoms with Crippen molar-refractivity contribution in [3.63, 3.8) is 0 Å². The summed E-state index contributed by atoms with van der Waals surface area (Å²) in [5, 5.41) is 0. The molecule has 0 fully saturated rings. The molecular formula is C48H36N4Na2O6S4. The Morgan fingerprint density at radius 3 is 0.844 bits per heavy atom. The number of hydrogen-bond acceptors (Lipinski definition) is 12. The second kappa shape index (κ2) is 18.9. The minimum atomic E-state index is -4.70. The minimum absolute atomic E-state index is 0. The summed E-state index contributed by atoms with van der Waals surface area (Å²) >= 11 is 3.08. The van der Waals surface area contributed by atoms with E-state index in [9.17, 15) is 25.9 Å². The van der Waals surface area contributed by atoms with E-state index in [0.717, 1.165) is 63.8 Å². The van der Waals surface area contributed by atoms with E-state index in [1.807, 2.05) is 74.4 Å². The second-order valence-electron chi connectivity index (χ2n) is 15.1. The Hall–Kier alpha value is -4.26.